The van der Waals surface area contributed by atoms with Crippen LogP contribution in [0.15, 0.2) is 5.51 Å². The van der Waals surface area contributed by atoms with Crippen LogP contribution in [0.25, 0.3) is 0 Å². The normalized spacial score (nSPS) is 10.6. The number of nitrogens with zero attached hydrogens (tertiary/aromatic N) is 1. The minimum absolute atomic E-state index is 0.328. The third-order valence-corrected chi connectivity index (χ3v) is 5.05. The van der Waals surface area contributed by atoms with E-state index < -0.39 is 5.97 Å². The molecule has 2 rings (SSSR count). The number of thiophene rings is 1. The second-order valence-corrected chi connectivity index (χ2v) is 6.39. The van der Waals surface area contributed by atoms with Crippen LogP contribution in [-0.2, 0) is 11.2 Å². The van der Waals surface area contributed by atoms with Gasteiger partial charge in [-0.3, -0.25) is 0 Å². The van der Waals surface area contributed by atoms with Crippen LogP contribution >= 0.6 is 22.7 Å². The molecule has 2 N–H and O–H groups in total. The van der Waals surface area contributed by atoms with Crippen molar-refractivity contribution in [3.8, 4) is 5.06 Å². The minimum Gasteiger partial charge on any atom is -0.483 e. The molecule has 21 heavy (non-hydrogen) atoms. The number of rotatable bonds is 6. The lowest BCUT2D eigenvalue weighted by molar-refractivity contribution is 0.0527. The van der Waals surface area contributed by atoms with Gasteiger partial charge in [0, 0.05) is 16.9 Å². The Kier molecular flexibility index (Phi) is 5.19. The number of hydrogen-bond acceptors (Lipinski definition) is 7. The highest BCUT2D eigenvalue weighted by molar-refractivity contribution is 7.18. The summed E-state index contributed by atoms with van der Waals surface area (Å²) >= 11 is 2.90. The second kappa shape index (κ2) is 6.91. The Balaban J connectivity index is 2.03. The Morgan fingerprint density at radius 2 is 2.19 bits per heavy atom. The van der Waals surface area contributed by atoms with Crippen molar-refractivity contribution in [2.45, 2.75) is 27.2 Å². The number of carbonyl (C=O) groups is 1. The van der Waals surface area contributed by atoms with Crippen LogP contribution in [0, 0.1) is 13.8 Å². The Morgan fingerprint density at radius 3 is 2.81 bits per heavy atom. The predicted molar refractivity (Wildman–Crippen MR) is 85.5 cm³/mol. The summed E-state index contributed by atoms with van der Waals surface area (Å²) < 4.78 is 10.8. The van der Waals surface area contributed by atoms with E-state index in [9.17, 15) is 4.79 Å². The fourth-order valence-corrected chi connectivity index (χ4v) is 3.61. The second-order valence-electron chi connectivity index (χ2n) is 4.43. The number of carbonyl (C=O) groups excluding carboxylic acids is 1. The highest BCUT2D eigenvalue weighted by Gasteiger charge is 2.21. The summed E-state index contributed by atoms with van der Waals surface area (Å²) in [5, 5.41) is 1.12. The molecule has 0 bridgehead atoms. The number of aromatic nitrogens is 1. The van der Waals surface area contributed by atoms with Gasteiger partial charge in [-0.05, 0) is 20.8 Å². The van der Waals surface area contributed by atoms with Crippen LogP contribution in [0.5, 0.6) is 5.06 Å². The van der Waals surface area contributed by atoms with Crippen LogP contribution in [0.1, 0.15) is 33.4 Å². The molecule has 2 heterocycles. The van der Waals surface area contributed by atoms with Gasteiger partial charge in [0.25, 0.3) is 0 Å². The van der Waals surface area contributed by atoms with Crippen molar-refractivity contribution < 1.29 is 14.3 Å². The van der Waals surface area contributed by atoms with E-state index in [1.54, 1.807) is 18.3 Å². The molecule has 0 saturated carbocycles. The Bertz CT molecular complexity index is 634. The maximum Gasteiger partial charge on any atom is 0.341 e. The first-order valence-electron chi connectivity index (χ1n) is 6.62. The number of nitrogen functional groups attached to an aromatic ring is 1. The van der Waals surface area contributed by atoms with Gasteiger partial charge in [-0.2, -0.15) is 0 Å². The van der Waals surface area contributed by atoms with Crippen LogP contribution in [0.2, 0.25) is 0 Å². The van der Waals surface area contributed by atoms with E-state index in [1.165, 1.54) is 16.2 Å². The molecule has 0 unspecified atom stereocenters. The average Bonchev–Trinajstić information content (AvgIpc) is 2.95. The summed E-state index contributed by atoms with van der Waals surface area (Å²) in [5.41, 5.74) is 9.93. The van der Waals surface area contributed by atoms with E-state index in [-0.39, 0.29) is 0 Å². The highest BCUT2D eigenvalue weighted by Crippen LogP contribution is 2.37. The molecule has 114 valence electrons. The molecule has 5 nitrogen and oxygen atoms in total. The molecule has 0 aliphatic rings. The van der Waals surface area contributed by atoms with Gasteiger partial charge >= 0.3 is 5.97 Å². The van der Waals surface area contributed by atoms with Gasteiger partial charge in [0.2, 0.25) is 0 Å². The van der Waals surface area contributed by atoms with Gasteiger partial charge in [-0.1, -0.05) is 11.3 Å². The summed E-state index contributed by atoms with van der Waals surface area (Å²) in [5.74, 6) is -0.392. The summed E-state index contributed by atoms with van der Waals surface area (Å²) in [6.07, 6.45) is 0.794. The van der Waals surface area contributed by atoms with Crippen molar-refractivity contribution in [2.75, 3.05) is 18.9 Å². The van der Waals surface area contributed by atoms with E-state index in [0.29, 0.717) is 28.8 Å². The minimum atomic E-state index is -0.392. The smallest absolute Gasteiger partial charge is 0.341 e. The maximum absolute atomic E-state index is 11.8. The first-order valence-corrected chi connectivity index (χ1v) is 8.32. The van der Waals surface area contributed by atoms with Crippen LogP contribution < -0.4 is 10.5 Å². The Labute approximate surface area is 131 Å². The molecular weight excluding hydrogens is 308 g/mol. The van der Waals surface area contributed by atoms with E-state index in [4.69, 9.17) is 15.2 Å². The van der Waals surface area contributed by atoms with Crippen LogP contribution in [-0.4, -0.2) is 24.2 Å². The zero-order valence-corrected chi connectivity index (χ0v) is 13.9. The summed E-state index contributed by atoms with van der Waals surface area (Å²) in [4.78, 5) is 17.3. The first-order chi connectivity index (χ1) is 10.0. The molecule has 2 aromatic rings. The van der Waals surface area contributed by atoms with E-state index >= 15 is 0 Å². The highest BCUT2D eigenvalue weighted by atomic mass is 32.1. The molecule has 0 spiro atoms. The van der Waals surface area contributed by atoms with Gasteiger partial charge in [0.1, 0.15) is 10.6 Å². The number of hydrogen-bond donors (Lipinski definition) is 1. The lowest BCUT2D eigenvalue weighted by Crippen LogP contribution is -2.07. The van der Waals surface area contributed by atoms with Crippen molar-refractivity contribution in [1.29, 1.82) is 0 Å². The molecule has 2 aromatic heterocycles. The van der Waals surface area contributed by atoms with Crippen molar-refractivity contribution in [3.05, 3.63) is 27.2 Å². The summed E-state index contributed by atoms with van der Waals surface area (Å²) in [7, 11) is 0. The number of nitrogens with two attached hydrogens (primary N) is 1. The quantitative estimate of drug-likeness (QED) is 0.825. The molecule has 0 saturated heterocycles. The van der Waals surface area contributed by atoms with Gasteiger partial charge in [0.15, 0.2) is 5.06 Å². The maximum atomic E-state index is 11.8. The Morgan fingerprint density at radius 1 is 1.43 bits per heavy atom. The molecule has 0 fully saturated rings. The van der Waals surface area contributed by atoms with Gasteiger partial charge < -0.3 is 15.2 Å². The van der Waals surface area contributed by atoms with Crippen molar-refractivity contribution in [3.63, 3.8) is 0 Å². The van der Waals surface area contributed by atoms with Gasteiger partial charge in [-0.25, -0.2) is 9.78 Å². The lowest BCUT2D eigenvalue weighted by atomic mass is 10.2. The Hall–Kier alpha value is -1.60. The van der Waals surface area contributed by atoms with E-state index in [2.05, 4.69) is 4.98 Å². The number of anilines is 1. The number of thiazole rings is 1. The third-order valence-electron chi connectivity index (χ3n) is 3.02. The summed E-state index contributed by atoms with van der Waals surface area (Å²) in [6.45, 7) is 6.44. The molecule has 0 amide bonds. The number of aryl methyl sites for hydroxylation is 1. The van der Waals surface area contributed by atoms with Crippen molar-refractivity contribution >= 4 is 33.6 Å². The number of esters is 1. The SMILES string of the molecule is CCOC(=O)c1c(N)sc(OCCc2scnc2C)c1C. The molecular formula is C14H18N2O3S2. The standard InChI is InChI=1S/C14H18N2O3S2/c1-4-18-13(17)11-8(2)14(21-12(11)15)19-6-5-10-9(3)16-7-20-10/h7H,4-6,15H2,1-3H3. The van der Waals surface area contributed by atoms with Crippen molar-refractivity contribution in [2.24, 2.45) is 0 Å². The van der Waals surface area contributed by atoms with E-state index in [1.807, 2.05) is 19.4 Å². The third kappa shape index (κ3) is 3.54. The van der Waals surface area contributed by atoms with Gasteiger partial charge in [0.05, 0.1) is 24.4 Å². The fourth-order valence-electron chi connectivity index (χ4n) is 1.91. The summed E-state index contributed by atoms with van der Waals surface area (Å²) in [6, 6.07) is 0. The first kappa shape index (κ1) is 15.8. The zero-order chi connectivity index (χ0) is 15.4. The predicted octanol–water partition coefficient (Wildman–Crippen LogP) is 3.20. The fraction of sp³-hybridized carbons (Fsp3) is 0.429. The molecule has 0 atom stereocenters. The van der Waals surface area contributed by atoms with Crippen molar-refractivity contribution in [1.82, 2.24) is 4.98 Å². The zero-order valence-electron chi connectivity index (χ0n) is 12.3. The molecule has 0 aliphatic heterocycles. The molecule has 0 aromatic carbocycles. The van der Waals surface area contributed by atoms with Gasteiger partial charge in [-0.15, -0.1) is 11.3 Å². The molecule has 0 aliphatic carbocycles. The average molecular weight is 326 g/mol. The topological polar surface area (TPSA) is 74.4 Å². The monoisotopic (exact) mass is 326 g/mol. The molecule has 0 radical (unpaired) electrons. The largest absolute Gasteiger partial charge is 0.483 e. The lowest BCUT2D eigenvalue weighted by Gasteiger charge is -2.05. The number of ether oxygens (including phenoxy) is 2. The molecule has 7 heteroatoms. The van der Waals surface area contributed by atoms with E-state index in [0.717, 1.165) is 17.7 Å². The van der Waals surface area contributed by atoms with Crippen LogP contribution in [0.3, 0.4) is 0 Å². The van der Waals surface area contributed by atoms with Crippen LogP contribution in [0.4, 0.5) is 5.00 Å².